The Bertz CT molecular complexity index is 620. The molecule has 0 aliphatic rings. The fraction of sp³-hybridized carbons (Fsp3) is 0.353. The number of halogens is 1. The van der Waals surface area contributed by atoms with Gasteiger partial charge in [0, 0.05) is 28.9 Å². The van der Waals surface area contributed by atoms with Crippen molar-refractivity contribution in [1.82, 2.24) is 10.3 Å². The van der Waals surface area contributed by atoms with E-state index < -0.39 is 0 Å². The molecule has 0 fully saturated rings. The standard InChI is InChI=1S/C17H21ClN2O/c1-12-10-14(7-8-15(12)18)21-16-13(6-5-9-19-16)11-20-17(2,3)4/h5-10,20H,11H2,1-4H3. The average Bonchev–Trinajstić information content (AvgIpc) is 2.41. The van der Waals surface area contributed by atoms with Gasteiger partial charge in [-0.25, -0.2) is 4.98 Å². The Morgan fingerprint density at radius 1 is 1.24 bits per heavy atom. The van der Waals surface area contributed by atoms with Crippen LogP contribution in [0, 0.1) is 6.92 Å². The van der Waals surface area contributed by atoms with Gasteiger partial charge in [-0.15, -0.1) is 0 Å². The van der Waals surface area contributed by atoms with Crippen molar-refractivity contribution < 1.29 is 4.74 Å². The molecule has 0 spiro atoms. The van der Waals surface area contributed by atoms with Gasteiger partial charge in [0.2, 0.25) is 5.88 Å². The fourth-order valence-electron chi connectivity index (χ4n) is 1.80. The maximum Gasteiger partial charge on any atom is 0.223 e. The molecule has 0 aliphatic carbocycles. The molecule has 0 bridgehead atoms. The lowest BCUT2D eigenvalue weighted by Gasteiger charge is -2.21. The number of pyridine rings is 1. The molecule has 0 unspecified atom stereocenters. The Balaban J connectivity index is 2.17. The highest BCUT2D eigenvalue weighted by Gasteiger charge is 2.12. The molecule has 0 saturated carbocycles. The monoisotopic (exact) mass is 304 g/mol. The molecular weight excluding hydrogens is 284 g/mol. The number of nitrogens with zero attached hydrogens (tertiary/aromatic N) is 1. The van der Waals surface area contributed by atoms with Gasteiger partial charge in [-0.2, -0.15) is 0 Å². The summed E-state index contributed by atoms with van der Waals surface area (Å²) in [5.74, 6) is 1.36. The minimum Gasteiger partial charge on any atom is -0.439 e. The van der Waals surface area contributed by atoms with Crippen LogP contribution in [0.3, 0.4) is 0 Å². The van der Waals surface area contributed by atoms with E-state index in [0.717, 1.165) is 21.9 Å². The quantitative estimate of drug-likeness (QED) is 0.887. The third-order valence-corrected chi connectivity index (χ3v) is 3.43. The van der Waals surface area contributed by atoms with E-state index in [1.807, 2.05) is 37.3 Å². The van der Waals surface area contributed by atoms with E-state index >= 15 is 0 Å². The Morgan fingerprint density at radius 2 is 2.00 bits per heavy atom. The van der Waals surface area contributed by atoms with E-state index in [-0.39, 0.29) is 5.54 Å². The first-order chi connectivity index (χ1) is 9.85. The minimum absolute atomic E-state index is 0.0456. The lowest BCUT2D eigenvalue weighted by molar-refractivity contribution is 0.409. The molecule has 2 rings (SSSR count). The zero-order valence-electron chi connectivity index (χ0n) is 12.9. The van der Waals surface area contributed by atoms with Crippen LogP contribution in [0.2, 0.25) is 5.02 Å². The largest absolute Gasteiger partial charge is 0.439 e. The zero-order valence-corrected chi connectivity index (χ0v) is 13.7. The highest BCUT2D eigenvalue weighted by molar-refractivity contribution is 6.31. The second kappa shape index (κ2) is 6.46. The third-order valence-electron chi connectivity index (χ3n) is 3.00. The van der Waals surface area contributed by atoms with Crippen LogP contribution in [-0.4, -0.2) is 10.5 Å². The van der Waals surface area contributed by atoms with E-state index in [2.05, 4.69) is 31.1 Å². The summed E-state index contributed by atoms with van der Waals surface area (Å²) >= 11 is 6.03. The van der Waals surface area contributed by atoms with Crippen LogP contribution < -0.4 is 10.1 Å². The first kappa shape index (κ1) is 15.8. The van der Waals surface area contributed by atoms with E-state index in [0.29, 0.717) is 12.4 Å². The van der Waals surface area contributed by atoms with Crippen LogP contribution >= 0.6 is 11.6 Å². The number of rotatable bonds is 4. The predicted octanol–water partition coefficient (Wildman–Crippen LogP) is 4.72. The van der Waals surface area contributed by atoms with Crippen molar-refractivity contribution in [3.63, 3.8) is 0 Å². The summed E-state index contributed by atoms with van der Waals surface area (Å²) in [5, 5.41) is 4.18. The molecule has 1 aromatic heterocycles. The van der Waals surface area contributed by atoms with E-state index in [4.69, 9.17) is 16.3 Å². The maximum absolute atomic E-state index is 6.03. The Hall–Kier alpha value is -1.58. The summed E-state index contributed by atoms with van der Waals surface area (Å²) < 4.78 is 5.90. The maximum atomic E-state index is 6.03. The molecule has 0 amide bonds. The average molecular weight is 305 g/mol. The van der Waals surface area contributed by atoms with E-state index in [1.165, 1.54) is 0 Å². The lowest BCUT2D eigenvalue weighted by Crippen LogP contribution is -2.35. The van der Waals surface area contributed by atoms with Crippen molar-refractivity contribution in [2.24, 2.45) is 0 Å². The van der Waals surface area contributed by atoms with Crippen molar-refractivity contribution in [2.45, 2.75) is 39.8 Å². The molecule has 3 nitrogen and oxygen atoms in total. The Labute approximate surface area is 131 Å². The highest BCUT2D eigenvalue weighted by Crippen LogP contribution is 2.26. The summed E-state index contributed by atoms with van der Waals surface area (Å²) in [6, 6.07) is 9.54. The van der Waals surface area contributed by atoms with Crippen molar-refractivity contribution >= 4 is 11.6 Å². The summed E-state index contributed by atoms with van der Waals surface area (Å²) in [6.07, 6.45) is 1.73. The number of aromatic nitrogens is 1. The summed E-state index contributed by atoms with van der Waals surface area (Å²) in [6.45, 7) is 9.06. The van der Waals surface area contributed by atoms with Gasteiger partial charge in [0.05, 0.1) is 0 Å². The number of nitrogens with one attached hydrogen (secondary N) is 1. The van der Waals surface area contributed by atoms with Gasteiger partial charge in [-0.05, 0) is 57.5 Å². The van der Waals surface area contributed by atoms with Crippen LogP contribution in [0.1, 0.15) is 31.9 Å². The second-order valence-corrected chi connectivity index (χ2v) is 6.49. The van der Waals surface area contributed by atoms with Gasteiger partial charge in [0.15, 0.2) is 0 Å². The van der Waals surface area contributed by atoms with Crippen molar-refractivity contribution in [3.8, 4) is 11.6 Å². The van der Waals surface area contributed by atoms with Crippen LogP contribution in [0.15, 0.2) is 36.5 Å². The molecule has 21 heavy (non-hydrogen) atoms. The summed E-state index contributed by atoms with van der Waals surface area (Å²) in [7, 11) is 0. The van der Waals surface area contributed by atoms with Crippen molar-refractivity contribution in [1.29, 1.82) is 0 Å². The van der Waals surface area contributed by atoms with E-state index in [9.17, 15) is 0 Å². The van der Waals surface area contributed by atoms with Crippen molar-refractivity contribution in [3.05, 3.63) is 52.7 Å². The number of aryl methyl sites for hydroxylation is 1. The molecule has 0 radical (unpaired) electrons. The summed E-state index contributed by atoms with van der Waals surface area (Å²) in [4.78, 5) is 4.33. The normalized spacial score (nSPS) is 11.5. The number of hydrogen-bond acceptors (Lipinski definition) is 3. The third kappa shape index (κ3) is 4.73. The number of ether oxygens (including phenoxy) is 1. The molecule has 1 aromatic carbocycles. The molecule has 0 saturated heterocycles. The van der Waals surface area contributed by atoms with Gasteiger partial charge in [0.1, 0.15) is 5.75 Å². The molecule has 1 heterocycles. The molecule has 112 valence electrons. The smallest absolute Gasteiger partial charge is 0.223 e. The topological polar surface area (TPSA) is 34.1 Å². The lowest BCUT2D eigenvalue weighted by atomic mass is 10.1. The number of hydrogen-bond donors (Lipinski definition) is 1. The number of benzene rings is 1. The molecule has 0 aliphatic heterocycles. The van der Waals surface area contributed by atoms with Gasteiger partial charge < -0.3 is 10.1 Å². The van der Waals surface area contributed by atoms with Crippen LogP contribution in [0.25, 0.3) is 0 Å². The molecule has 0 atom stereocenters. The highest BCUT2D eigenvalue weighted by atomic mass is 35.5. The van der Waals surface area contributed by atoms with Gasteiger partial charge in [-0.1, -0.05) is 17.7 Å². The van der Waals surface area contributed by atoms with Crippen LogP contribution in [0.4, 0.5) is 0 Å². The van der Waals surface area contributed by atoms with Crippen molar-refractivity contribution in [2.75, 3.05) is 0 Å². The molecule has 2 aromatic rings. The first-order valence-corrected chi connectivity index (χ1v) is 7.36. The van der Waals surface area contributed by atoms with Gasteiger partial charge in [0.25, 0.3) is 0 Å². The second-order valence-electron chi connectivity index (χ2n) is 6.08. The molecular formula is C17H21ClN2O. The predicted molar refractivity (Wildman–Crippen MR) is 87.1 cm³/mol. The summed E-state index contributed by atoms with van der Waals surface area (Å²) in [5.41, 5.74) is 2.06. The Morgan fingerprint density at radius 3 is 2.67 bits per heavy atom. The zero-order chi connectivity index (χ0) is 15.5. The SMILES string of the molecule is Cc1cc(Oc2ncccc2CNC(C)(C)C)ccc1Cl. The van der Waals surface area contributed by atoms with Crippen LogP contribution in [-0.2, 0) is 6.54 Å². The fourth-order valence-corrected chi connectivity index (χ4v) is 1.92. The first-order valence-electron chi connectivity index (χ1n) is 6.98. The van der Waals surface area contributed by atoms with Gasteiger partial charge >= 0.3 is 0 Å². The van der Waals surface area contributed by atoms with E-state index in [1.54, 1.807) is 6.20 Å². The van der Waals surface area contributed by atoms with Gasteiger partial charge in [-0.3, -0.25) is 0 Å². The van der Waals surface area contributed by atoms with Crippen LogP contribution in [0.5, 0.6) is 11.6 Å². The minimum atomic E-state index is 0.0456. The Kier molecular flexibility index (Phi) is 4.86. The molecule has 4 heteroatoms. The molecule has 1 N–H and O–H groups in total.